The number of rotatable bonds is 4. The third kappa shape index (κ3) is 2.97. The van der Waals surface area contributed by atoms with Crippen LogP contribution in [0.3, 0.4) is 0 Å². The zero-order valence-electron chi connectivity index (χ0n) is 11.9. The third-order valence-electron chi connectivity index (χ3n) is 3.65. The molecule has 3 rings (SSSR count). The topological polar surface area (TPSA) is 76.2 Å². The van der Waals surface area contributed by atoms with Crippen molar-refractivity contribution in [3.8, 4) is 11.1 Å². The van der Waals surface area contributed by atoms with Crippen molar-refractivity contribution < 1.29 is 9.90 Å². The molecule has 0 bridgehead atoms. The van der Waals surface area contributed by atoms with Crippen molar-refractivity contribution in [2.75, 3.05) is 0 Å². The number of hydrogen-bond acceptors (Lipinski definition) is 3. The Morgan fingerprint density at radius 1 is 1.09 bits per heavy atom. The second-order valence-corrected chi connectivity index (χ2v) is 5.26. The van der Waals surface area contributed by atoms with Gasteiger partial charge in [0.15, 0.2) is 0 Å². The molecule has 0 aliphatic carbocycles. The first kappa shape index (κ1) is 14.2. The summed E-state index contributed by atoms with van der Waals surface area (Å²) in [7, 11) is 0. The van der Waals surface area contributed by atoms with Crippen molar-refractivity contribution in [1.29, 1.82) is 0 Å². The van der Waals surface area contributed by atoms with Crippen molar-refractivity contribution in [1.82, 2.24) is 4.98 Å². The fourth-order valence-corrected chi connectivity index (χ4v) is 2.40. The van der Waals surface area contributed by atoms with Crippen LogP contribution in [-0.4, -0.2) is 22.1 Å². The van der Waals surface area contributed by atoms with Gasteiger partial charge < -0.3 is 10.8 Å². The molecular formula is C18H16N2O2. The minimum absolute atomic E-state index is 0.325. The fourth-order valence-electron chi connectivity index (χ4n) is 2.40. The van der Waals surface area contributed by atoms with Gasteiger partial charge in [-0.25, -0.2) is 0 Å². The van der Waals surface area contributed by atoms with Crippen LogP contribution in [0.1, 0.15) is 5.56 Å². The molecule has 110 valence electrons. The lowest BCUT2D eigenvalue weighted by Crippen LogP contribution is -2.32. The van der Waals surface area contributed by atoms with Gasteiger partial charge in [-0.3, -0.25) is 9.78 Å². The summed E-state index contributed by atoms with van der Waals surface area (Å²) in [6.45, 7) is 0. The van der Waals surface area contributed by atoms with Crippen LogP contribution in [0.2, 0.25) is 0 Å². The standard InChI is InChI=1S/C18H16N2O2/c19-16(18(21)22)9-12-5-7-13(8-6-12)15-10-14-3-1-2-4-17(14)20-11-15/h1-8,10-11,16H,9,19H2,(H,21,22). The van der Waals surface area contributed by atoms with Crippen LogP contribution in [0, 0.1) is 0 Å². The lowest BCUT2D eigenvalue weighted by atomic mass is 10.0. The molecule has 0 saturated carbocycles. The van der Waals surface area contributed by atoms with E-state index in [1.54, 1.807) is 0 Å². The van der Waals surface area contributed by atoms with Crippen molar-refractivity contribution in [3.05, 3.63) is 66.4 Å². The first-order valence-corrected chi connectivity index (χ1v) is 7.06. The monoisotopic (exact) mass is 292 g/mol. The fraction of sp³-hybridized carbons (Fsp3) is 0.111. The van der Waals surface area contributed by atoms with E-state index in [2.05, 4.69) is 11.1 Å². The van der Waals surface area contributed by atoms with Gasteiger partial charge in [0.2, 0.25) is 0 Å². The van der Waals surface area contributed by atoms with E-state index >= 15 is 0 Å². The Hall–Kier alpha value is -2.72. The number of carboxylic acid groups (broad SMARTS) is 1. The molecule has 1 unspecified atom stereocenters. The maximum absolute atomic E-state index is 10.8. The Morgan fingerprint density at radius 2 is 1.82 bits per heavy atom. The van der Waals surface area contributed by atoms with Crippen LogP contribution in [0.5, 0.6) is 0 Å². The molecule has 0 radical (unpaired) electrons. The van der Waals surface area contributed by atoms with Crippen LogP contribution in [0.15, 0.2) is 60.8 Å². The largest absolute Gasteiger partial charge is 0.480 e. The molecule has 0 fully saturated rings. The van der Waals surface area contributed by atoms with E-state index in [1.807, 2.05) is 54.7 Å². The number of fused-ring (bicyclic) bond motifs is 1. The Bertz CT molecular complexity index is 813. The van der Waals surface area contributed by atoms with Crippen LogP contribution in [0.25, 0.3) is 22.0 Å². The first-order valence-electron chi connectivity index (χ1n) is 7.06. The van der Waals surface area contributed by atoms with E-state index in [4.69, 9.17) is 10.8 Å². The molecule has 2 aromatic carbocycles. The van der Waals surface area contributed by atoms with Gasteiger partial charge >= 0.3 is 5.97 Å². The number of aromatic nitrogens is 1. The lowest BCUT2D eigenvalue weighted by Gasteiger charge is -2.08. The number of nitrogens with zero attached hydrogens (tertiary/aromatic N) is 1. The number of carboxylic acids is 1. The highest BCUT2D eigenvalue weighted by Gasteiger charge is 2.12. The molecule has 1 heterocycles. The van der Waals surface area contributed by atoms with Gasteiger partial charge in [0, 0.05) is 17.1 Å². The number of para-hydroxylation sites is 1. The SMILES string of the molecule is NC(Cc1ccc(-c2cnc3ccccc3c2)cc1)C(=O)O. The van der Waals surface area contributed by atoms with Gasteiger partial charge in [-0.2, -0.15) is 0 Å². The molecule has 4 heteroatoms. The Labute approximate surface area is 128 Å². The maximum Gasteiger partial charge on any atom is 0.320 e. The molecule has 0 aliphatic heterocycles. The summed E-state index contributed by atoms with van der Waals surface area (Å²) < 4.78 is 0. The molecule has 3 N–H and O–H groups in total. The van der Waals surface area contributed by atoms with E-state index in [0.29, 0.717) is 6.42 Å². The number of pyridine rings is 1. The normalized spacial score (nSPS) is 12.2. The van der Waals surface area contributed by atoms with Crippen molar-refractivity contribution in [3.63, 3.8) is 0 Å². The Morgan fingerprint density at radius 3 is 2.55 bits per heavy atom. The molecule has 1 atom stereocenters. The summed E-state index contributed by atoms with van der Waals surface area (Å²) in [4.78, 5) is 15.2. The second kappa shape index (κ2) is 5.95. The van der Waals surface area contributed by atoms with E-state index in [1.165, 1.54) is 0 Å². The van der Waals surface area contributed by atoms with Gasteiger partial charge in [0.1, 0.15) is 6.04 Å². The summed E-state index contributed by atoms with van der Waals surface area (Å²) in [5, 5.41) is 9.94. The number of nitrogens with two attached hydrogens (primary N) is 1. The summed E-state index contributed by atoms with van der Waals surface area (Å²) in [6, 6.07) is 17.0. The number of aliphatic carboxylic acids is 1. The lowest BCUT2D eigenvalue weighted by molar-refractivity contribution is -0.138. The molecule has 0 aliphatic rings. The average Bonchev–Trinajstić information content (AvgIpc) is 2.55. The molecule has 0 amide bonds. The molecule has 4 nitrogen and oxygen atoms in total. The highest BCUT2D eigenvalue weighted by atomic mass is 16.4. The number of carbonyl (C=O) groups is 1. The van der Waals surface area contributed by atoms with E-state index in [9.17, 15) is 4.79 Å². The highest BCUT2D eigenvalue weighted by molar-refractivity contribution is 5.83. The van der Waals surface area contributed by atoms with E-state index < -0.39 is 12.0 Å². The van der Waals surface area contributed by atoms with E-state index in [-0.39, 0.29) is 0 Å². The summed E-state index contributed by atoms with van der Waals surface area (Å²) in [5.41, 5.74) is 9.51. The zero-order chi connectivity index (χ0) is 15.5. The summed E-state index contributed by atoms with van der Waals surface area (Å²) in [5.74, 6) is -0.984. The van der Waals surface area contributed by atoms with Gasteiger partial charge in [0.25, 0.3) is 0 Å². The van der Waals surface area contributed by atoms with Crippen molar-refractivity contribution >= 4 is 16.9 Å². The molecule has 3 aromatic rings. The molecular weight excluding hydrogens is 276 g/mol. The summed E-state index contributed by atoms with van der Waals surface area (Å²) in [6.07, 6.45) is 2.17. The quantitative estimate of drug-likeness (QED) is 0.775. The highest BCUT2D eigenvalue weighted by Crippen LogP contribution is 2.23. The first-order chi connectivity index (χ1) is 10.6. The van der Waals surface area contributed by atoms with Crippen LogP contribution in [0.4, 0.5) is 0 Å². The predicted octanol–water partition coefficient (Wildman–Crippen LogP) is 2.86. The minimum Gasteiger partial charge on any atom is -0.480 e. The molecule has 0 spiro atoms. The zero-order valence-corrected chi connectivity index (χ0v) is 11.9. The summed E-state index contributed by atoms with van der Waals surface area (Å²) >= 11 is 0. The van der Waals surface area contributed by atoms with Crippen LogP contribution >= 0.6 is 0 Å². The van der Waals surface area contributed by atoms with Crippen LogP contribution < -0.4 is 5.73 Å². The van der Waals surface area contributed by atoms with Crippen LogP contribution in [-0.2, 0) is 11.2 Å². The van der Waals surface area contributed by atoms with Gasteiger partial charge in [-0.15, -0.1) is 0 Å². The van der Waals surface area contributed by atoms with Gasteiger partial charge in [-0.05, 0) is 29.7 Å². The van der Waals surface area contributed by atoms with Gasteiger partial charge in [-0.1, -0.05) is 42.5 Å². The van der Waals surface area contributed by atoms with Crippen molar-refractivity contribution in [2.24, 2.45) is 5.73 Å². The molecule has 22 heavy (non-hydrogen) atoms. The second-order valence-electron chi connectivity index (χ2n) is 5.26. The minimum atomic E-state index is -0.984. The molecule has 1 aromatic heterocycles. The molecule has 0 saturated heterocycles. The predicted molar refractivity (Wildman–Crippen MR) is 86.5 cm³/mol. The Balaban J connectivity index is 1.86. The average molecular weight is 292 g/mol. The Kier molecular flexibility index (Phi) is 3.85. The van der Waals surface area contributed by atoms with Gasteiger partial charge in [0.05, 0.1) is 5.52 Å². The van der Waals surface area contributed by atoms with E-state index in [0.717, 1.165) is 27.6 Å². The third-order valence-corrected chi connectivity index (χ3v) is 3.65. The number of hydrogen-bond donors (Lipinski definition) is 2. The maximum atomic E-state index is 10.8. The number of benzene rings is 2. The smallest absolute Gasteiger partial charge is 0.320 e. The van der Waals surface area contributed by atoms with Crippen molar-refractivity contribution in [2.45, 2.75) is 12.5 Å².